The molecule has 0 fully saturated rings. The molecule has 0 saturated heterocycles. The fourth-order valence-corrected chi connectivity index (χ4v) is 5.03. The molecule has 38 heavy (non-hydrogen) atoms. The number of anilines is 2. The summed E-state index contributed by atoms with van der Waals surface area (Å²) in [4.78, 5) is 21.2. The zero-order valence-electron chi connectivity index (χ0n) is 19.7. The van der Waals surface area contributed by atoms with E-state index in [0.29, 0.717) is 40.5 Å². The first-order chi connectivity index (χ1) is 18.2. The topological polar surface area (TPSA) is 129 Å². The third kappa shape index (κ3) is 4.64. The van der Waals surface area contributed by atoms with E-state index in [2.05, 4.69) is 14.7 Å². The predicted octanol–water partition coefficient (Wildman–Crippen LogP) is 4.12. The van der Waals surface area contributed by atoms with E-state index in [1.165, 1.54) is 23.9 Å². The first-order valence-electron chi connectivity index (χ1n) is 11.1. The van der Waals surface area contributed by atoms with E-state index >= 15 is 0 Å². The minimum atomic E-state index is -4.40. The monoisotopic (exact) mass is 535 g/mol. The van der Waals surface area contributed by atoms with Crippen LogP contribution in [0.4, 0.5) is 20.4 Å². The van der Waals surface area contributed by atoms with Gasteiger partial charge in [-0.1, -0.05) is 24.3 Å². The summed E-state index contributed by atoms with van der Waals surface area (Å²) in [7, 11) is -3.11. The molecule has 2 aromatic heterocycles. The Bertz CT molecular complexity index is 1840. The normalized spacial score (nSPS) is 11.4. The van der Waals surface area contributed by atoms with Crippen molar-refractivity contribution in [3.63, 3.8) is 0 Å². The van der Waals surface area contributed by atoms with Gasteiger partial charge in [-0.3, -0.25) is 9.52 Å². The number of rotatable bonds is 6. The Morgan fingerprint density at radius 2 is 1.66 bits per heavy atom. The van der Waals surface area contributed by atoms with Gasteiger partial charge in [-0.05, 0) is 48.0 Å². The van der Waals surface area contributed by atoms with Gasteiger partial charge in [-0.2, -0.15) is 0 Å². The number of methoxy groups -OCH3 is 1. The van der Waals surface area contributed by atoms with E-state index in [-0.39, 0.29) is 22.9 Å². The summed E-state index contributed by atoms with van der Waals surface area (Å²) in [6, 6.07) is 17.1. The van der Waals surface area contributed by atoms with Crippen molar-refractivity contribution in [3.05, 3.63) is 101 Å². The molecule has 0 aliphatic rings. The highest BCUT2D eigenvalue weighted by molar-refractivity contribution is 7.92. The van der Waals surface area contributed by atoms with Crippen molar-refractivity contribution >= 4 is 32.6 Å². The first-order valence-corrected chi connectivity index (χ1v) is 12.6. The number of hydrogen-bond acceptors (Lipinski definition) is 7. The number of pyridine rings is 1. The second-order valence-electron chi connectivity index (χ2n) is 8.17. The summed E-state index contributed by atoms with van der Waals surface area (Å²) in [6.45, 7) is 0. The summed E-state index contributed by atoms with van der Waals surface area (Å²) < 4.78 is 61.7. The van der Waals surface area contributed by atoms with E-state index in [0.717, 1.165) is 0 Å². The van der Waals surface area contributed by atoms with Crippen molar-refractivity contribution in [2.24, 2.45) is 0 Å². The van der Waals surface area contributed by atoms with Gasteiger partial charge in [-0.15, -0.1) is 0 Å². The number of nitrogens with one attached hydrogen (secondary N) is 1. The van der Waals surface area contributed by atoms with Gasteiger partial charge in [0, 0.05) is 17.8 Å². The smallest absolute Gasteiger partial charge is 0.267 e. The molecule has 0 radical (unpaired) electrons. The summed E-state index contributed by atoms with van der Waals surface area (Å²) in [6.07, 6.45) is 1.43. The van der Waals surface area contributed by atoms with Crippen LogP contribution >= 0.6 is 0 Å². The van der Waals surface area contributed by atoms with Crippen LogP contribution < -0.4 is 20.8 Å². The Balaban J connectivity index is 1.59. The maximum Gasteiger partial charge on any atom is 0.267 e. The highest BCUT2D eigenvalue weighted by atomic mass is 32.2. The summed E-state index contributed by atoms with van der Waals surface area (Å²) in [5.74, 6) is -2.14. The molecular weight excluding hydrogens is 516 g/mol. The number of ether oxygens (including phenoxy) is 1. The number of benzene rings is 3. The summed E-state index contributed by atoms with van der Waals surface area (Å²) in [5.41, 5.74) is 7.46. The van der Waals surface area contributed by atoms with Crippen LogP contribution in [0.3, 0.4) is 0 Å². The molecule has 192 valence electrons. The number of nitrogens with two attached hydrogens (primary N) is 1. The molecule has 0 amide bonds. The lowest BCUT2D eigenvalue weighted by Crippen LogP contribution is -2.23. The molecule has 0 saturated carbocycles. The van der Waals surface area contributed by atoms with Gasteiger partial charge >= 0.3 is 0 Å². The lowest BCUT2D eigenvalue weighted by molar-refractivity contribution is 0.400. The molecule has 0 aliphatic carbocycles. The molecule has 0 spiro atoms. The van der Waals surface area contributed by atoms with Gasteiger partial charge in [0.05, 0.1) is 28.6 Å². The molecule has 5 aromatic rings. The van der Waals surface area contributed by atoms with Crippen LogP contribution in [0.25, 0.3) is 27.7 Å². The minimum absolute atomic E-state index is 0.0260. The molecule has 9 nitrogen and oxygen atoms in total. The van der Waals surface area contributed by atoms with Crippen LogP contribution in [0.5, 0.6) is 5.88 Å². The van der Waals surface area contributed by atoms with Crippen LogP contribution in [0.2, 0.25) is 0 Å². The van der Waals surface area contributed by atoms with Gasteiger partial charge in [-0.25, -0.2) is 31.7 Å². The fraction of sp³-hybridized carbons (Fsp3) is 0.0385. The lowest BCUT2D eigenvalue weighted by atomic mass is 10.0. The first kappa shape index (κ1) is 24.8. The number of nitrogen functional groups attached to an aromatic ring is 1. The third-order valence-corrected chi connectivity index (χ3v) is 7.02. The van der Waals surface area contributed by atoms with Crippen LogP contribution in [-0.4, -0.2) is 30.1 Å². The van der Waals surface area contributed by atoms with E-state index < -0.39 is 32.1 Å². The van der Waals surface area contributed by atoms with Crippen LogP contribution in [0.15, 0.2) is 88.7 Å². The van der Waals surface area contributed by atoms with Crippen molar-refractivity contribution < 1.29 is 21.9 Å². The Morgan fingerprint density at radius 3 is 2.34 bits per heavy atom. The molecule has 2 heterocycles. The van der Waals surface area contributed by atoms with E-state index in [9.17, 15) is 22.0 Å². The maximum absolute atomic E-state index is 13.6. The molecule has 5 rings (SSSR count). The standard InChI is InChI=1S/C26H19F2N5O4S/c1-37-24-23(32-38(35,36)20-12-17(27)11-18(28)13-20)10-16(14-30-24)15-7-8-22-21(9-15)25(34)33(26(29)31-22)19-5-3-2-4-6-19/h2-14,32H,1H3,(H2,29,31). The highest BCUT2D eigenvalue weighted by Crippen LogP contribution is 2.31. The number of hydrogen-bond donors (Lipinski definition) is 2. The van der Waals surface area contributed by atoms with E-state index in [1.54, 1.807) is 42.5 Å². The quantitative estimate of drug-likeness (QED) is 0.335. The Kier molecular flexibility index (Phi) is 6.25. The van der Waals surface area contributed by atoms with Crippen LogP contribution in [0, 0.1) is 11.6 Å². The largest absolute Gasteiger partial charge is 0.480 e. The number of fused-ring (bicyclic) bond motifs is 1. The zero-order valence-corrected chi connectivity index (χ0v) is 20.5. The number of halogens is 2. The lowest BCUT2D eigenvalue weighted by Gasteiger charge is -2.14. The molecular formula is C26H19F2N5O4S. The molecule has 0 atom stereocenters. The van der Waals surface area contributed by atoms with Crippen LogP contribution in [-0.2, 0) is 10.0 Å². The molecule has 3 aromatic carbocycles. The van der Waals surface area contributed by atoms with Crippen molar-refractivity contribution in [1.29, 1.82) is 0 Å². The van der Waals surface area contributed by atoms with Crippen molar-refractivity contribution in [2.45, 2.75) is 4.90 Å². The van der Waals surface area contributed by atoms with E-state index in [1.807, 2.05) is 6.07 Å². The number of aromatic nitrogens is 3. The fourth-order valence-electron chi connectivity index (χ4n) is 3.94. The average Bonchev–Trinajstić information content (AvgIpc) is 2.88. The molecule has 12 heteroatoms. The number of sulfonamides is 1. The minimum Gasteiger partial charge on any atom is -0.480 e. The molecule has 0 unspecified atom stereocenters. The maximum atomic E-state index is 13.6. The summed E-state index contributed by atoms with van der Waals surface area (Å²) >= 11 is 0. The SMILES string of the molecule is COc1ncc(-c2ccc3nc(N)n(-c4ccccc4)c(=O)c3c2)cc1NS(=O)(=O)c1cc(F)cc(F)c1. The Labute approximate surface area is 215 Å². The zero-order chi connectivity index (χ0) is 27.0. The predicted molar refractivity (Wildman–Crippen MR) is 139 cm³/mol. The van der Waals surface area contributed by atoms with Crippen molar-refractivity contribution in [1.82, 2.24) is 14.5 Å². The second-order valence-corrected chi connectivity index (χ2v) is 9.85. The molecule has 3 N–H and O–H groups in total. The Morgan fingerprint density at radius 1 is 0.947 bits per heavy atom. The van der Waals surface area contributed by atoms with Gasteiger partial charge < -0.3 is 10.5 Å². The van der Waals surface area contributed by atoms with Gasteiger partial charge in [0.15, 0.2) is 0 Å². The van der Waals surface area contributed by atoms with Crippen molar-refractivity contribution in [2.75, 3.05) is 17.6 Å². The second kappa shape index (κ2) is 9.56. The van der Waals surface area contributed by atoms with E-state index in [4.69, 9.17) is 10.5 Å². The van der Waals surface area contributed by atoms with Crippen LogP contribution in [0.1, 0.15) is 0 Å². The van der Waals surface area contributed by atoms with Gasteiger partial charge in [0.25, 0.3) is 15.6 Å². The summed E-state index contributed by atoms with van der Waals surface area (Å²) in [5, 5.41) is 0.272. The number of para-hydroxylation sites is 1. The highest BCUT2D eigenvalue weighted by Gasteiger charge is 2.20. The van der Waals surface area contributed by atoms with Crippen molar-refractivity contribution in [3.8, 4) is 22.7 Å². The molecule has 0 aliphatic heterocycles. The number of nitrogens with zero attached hydrogens (tertiary/aromatic N) is 3. The molecule has 0 bridgehead atoms. The van der Waals surface area contributed by atoms with Gasteiger partial charge in [0.1, 0.15) is 17.3 Å². The average molecular weight is 536 g/mol. The van der Waals surface area contributed by atoms with Gasteiger partial charge in [0.2, 0.25) is 11.8 Å². The third-order valence-electron chi connectivity index (χ3n) is 5.68. The Hall–Kier alpha value is -4.84.